The highest BCUT2D eigenvalue weighted by Gasteiger charge is 2.42. The molecular weight excluding hydrogens is 514 g/mol. The van der Waals surface area contributed by atoms with E-state index in [0.717, 1.165) is 68.9 Å². The molecule has 4 heterocycles. The summed E-state index contributed by atoms with van der Waals surface area (Å²) in [5.74, 6) is 1.53. The lowest BCUT2D eigenvalue weighted by Gasteiger charge is -2.40. The summed E-state index contributed by atoms with van der Waals surface area (Å²) in [4.78, 5) is 35.6. The van der Waals surface area contributed by atoms with Crippen molar-refractivity contribution < 1.29 is 14.3 Å². The molecule has 2 N–H and O–H groups in total. The van der Waals surface area contributed by atoms with Crippen molar-refractivity contribution >= 4 is 17.6 Å². The number of anilines is 1. The number of carbonyl (C=O) groups is 2. The van der Waals surface area contributed by atoms with Gasteiger partial charge in [-0.3, -0.25) is 14.5 Å². The van der Waals surface area contributed by atoms with Gasteiger partial charge in [0.1, 0.15) is 11.6 Å². The fraction of sp³-hybridized carbons (Fsp3) is 0.424. The predicted octanol–water partition coefficient (Wildman–Crippen LogP) is 4.33. The van der Waals surface area contributed by atoms with Gasteiger partial charge in [-0.1, -0.05) is 36.4 Å². The number of rotatable bonds is 8. The molecule has 41 heavy (non-hydrogen) atoms. The Morgan fingerprint density at radius 1 is 0.902 bits per heavy atom. The molecule has 0 spiro atoms. The van der Waals surface area contributed by atoms with E-state index < -0.39 is 0 Å². The van der Waals surface area contributed by atoms with Crippen molar-refractivity contribution in [3.63, 3.8) is 0 Å². The molecule has 2 bridgehead atoms. The number of fused-ring (bicyclic) bond motifs is 2. The first-order valence-electron chi connectivity index (χ1n) is 14.7. The third-order valence-corrected chi connectivity index (χ3v) is 8.95. The number of pyridine rings is 1. The topological polar surface area (TPSA) is 86.8 Å². The minimum absolute atomic E-state index is 0.0433. The lowest BCUT2D eigenvalue weighted by Crippen LogP contribution is -2.50. The standard InChI is InChI=1S/C33H39N5O3/c1-22-29(9-6-10-30(22)41-2)33(40)36-26-17-27-12-13-28(18-26)38(27)31-14-11-24(19-34-31)32(39)35-25-15-16-37(21-25)20-23-7-4-3-5-8-23/h3-11,14,19,25-28H,12-13,15-18,20-21H2,1-2H3,(H,35,39)(H,36,40)/t25-,26?,27?,28?/m1/s1. The van der Waals surface area contributed by atoms with Gasteiger partial charge in [0.25, 0.3) is 11.8 Å². The molecule has 2 amide bonds. The van der Waals surface area contributed by atoms with Crippen molar-refractivity contribution in [2.75, 3.05) is 25.1 Å². The molecule has 3 saturated heterocycles. The second-order valence-corrected chi connectivity index (χ2v) is 11.7. The normalized spacial score (nSPS) is 23.8. The number of methoxy groups -OCH3 is 1. The molecule has 214 valence electrons. The van der Waals surface area contributed by atoms with Crippen LogP contribution in [0.5, 0.6) is 5.75 Å². The zero-order valence-corrected chi connectivity index (χ0v) is 23.9. The smallest absolute Gasteiger partial charge is 0.253 e. The van der Waals surface area contributed by atoms with E-state index in [1.54, 1.807) is 13.3 Å². The number of amides is 2. The summed E-state index contributed by atoms with van der Waals surface area (Å²) in [6.07, 6.45) is 6.60. The number of ether oxygens (including phenoxy) is 1. The summed E-state index contributed by atoms with van der Waals surface area (Å²) in [6, 6.07) is 20.9. The average Bonchev–Trinajstić information content (AvgIpc) is 3.53. The Labute approximate surface area is 242 Å². The Hall–Kier alpha value is -3.91. The number of hydrogen-bond donors (Lipinski definition) is 2. The number of nitrogens with zero attached hydrogens (tertiary/aromatic N) is 3. The van der Waals surface area contributed by atoms with Crippen molar-refractivity contribution in [2.24, 2.45) is 0 Å². The van der Waals surface area contributed by atoms with Gasteiger partial charge >= 0.3 is 0 Å². The average molecular weight is 554 g/mol. The predicted molar refractivity (Wildman–Crippen MR) is 159 cm³/mol. The van der Waals surface area contributed by atoms with E-state index in [1.165, 1.54) is 5.56 Å². The van der Waals surface area contributed by atoms with Crippen LogP contribution in [0.25, 0.3) is 0 Å². The number of hydrogen-bond acceptors (Lipinski definition) is 6. The Kier molecular flexibility index (Phi) is 7.92. The van der Waals surface area contributed by atoms with Gasteiger partial charge in [0.15, 0.2) is 0 Å². The molecule has 3 aliphatic heterocycles. The fourth-order valence-corrected chi connectivity index (χ4v) is 6.89. The Balaban J connectivity index is 1.03. The number of benzene rings is 2. The summed E-state index contributed by atoms with van der Waals surface area (Å²) < 4.78 is 5.39. The molecule has 3 aromatic rings. The highest BCUT2D eigenvalue weighted by molar-refractivity contribution is 5.96. The van der Waals surface area contributed by atoms with Crippen molar-refractivity contribution in [1.82, 2.24) is 20.5 Å². The first-order chi connectivity index (χ1) is 20.0. The first-order valence-corrected chi connectivity index (χ1v) is 14.7. The lowest BCUT2D eigenvalue weighted by molar-refractivity contribution is 0.0921. The summed E-state index contributed by atoms with van der Waals surface area (Å²) in [6.45, 7) is 4.67. The minimum Gasteiger partial charge on any atom is -0.496 e. The van der Waals surface area contributed by atoms with E-state index in [-0.39, 0.29) is 23.9 Å². The molecule has 0 radical (unpaired) electrons. The van der Waals surface area contributed by atoms with Gasteiger partial charge < -0.3 is 20.3 Å². The molecule has 3 aliphatic rings. The SMILES string of the molecule is COc1cccc(C(=O)NC2CC3CCC(C2)N3c2ccc(C(=O)N[C@@H]3CCN(Cc4ccccc4)C3)cn2)c1C. The van der Waals surface area contributed by atoms with Crippen molar-refractivity contribution in [2.45, 2.75) is 69.7 Å². The molecule has 2 aromatic carbocycles. The van der Waals surface area contributed by atoms with E-state index in [2.05, 4.69) is 44.7 Å². The van der Waals surface area contributed by atoms with E-state index in [4.69, 9.17) is 9.72 Å². The maximum Gasteiger partial charge on any atom is 0.253 e. The molecule has 2 unspecified atom stereocenters. The number of nitrogens with one attached hydrogen (secondary N) is 2. The van der Waals surface area contributed by atoms with Crippen LogP contribution >= 0.6 is 0 Å². The Morgan fingerprint density at radius 2 is 1.66 bits per heavy atom. The van der Waals surface area contributed by atoms with Crippen LogP contribution in [0, 0.1) is 6.92 Å². The summed E-state index contributed by atoms with van der Waals surface area (Å²) in [7, 11) is 1.63. The highest BCUT2D eigenvalue weighted by Crippen LogP contribution is 2.38. The summed E-state index contributed by atoms with van der Waals surface area (Å²) >= 11 is 0. The van der Waals surface area contributed by atoms with Crippen molar-refractivity contribution in [3.8, 4) is 5.75 Å². The van der Waals surface area contributed by atoms with E-state index in [0.29, 0.717) is 23.2 Å². The van der Waals surface area contributed by atoms with Crippen LogP contribution in [0.3, 0.4) is 0 Å². The summed E-state index contributed by atoms with van der Waals surface area (Å²) in [5, 5.41) is 6.48. The van der Waals surface area contributed by atoms with Gasteiger partial charge in [-0.2, -0.15) is 0 Å². The second-order valence-electron chi connectivity index (χ2n) is 11.7. The van der Waals surface area contributed by atoms with Crippen LogP contribution in [-0.2, 0) is 6.54 Å². The molecular formula is C33H39N5O3. The third kappa shape index (κ3) is 5.93. The van der Waals surface area contributed by atoms with Crippen molar-refractivity contribution in [3.05, 3.63) is 89.1 Å². The van der Waals surface area contributed by atoms with Crippen molar-refractivity contribution in [1.29, 1.82) is 0 Å². The number of carbonyl (C=O) groups excluding carboxylic acids is 2. The fourth-order valence-electron chi connectivity index (χ4n) is 6.89. The van der Waals surface area contributed by atoms with Gasteiger partial charge in [0.05, 0.1) is 12.7 Å². The van der Waals surface area contributed by atoms with E-state index in [1.807, 2.05) is 43.3 Å². The number of likely N-dealkylation sites (tertiary alicyclic amines) is 1. The number of aromatic nitrogens is 1. The maximum atomic E-state index is 13.1. The van der Waals surface area contributed by atoms with Crippen LogP contribution in [0.2, 0.25) is 0 Å². The van der Waals surface area contributed by atoms with Gasteiger partial charge in [-0.05, 0) is 68.9 Å². The van der Waals surface area contributed by atoms with E-state index in [9.17, 15) is 9.59 Å². The van der Waals surface area contributed by atoms with Crippen LogP contribution < -0.4 is 20.3 Å². The monoisotopic (exact) mass is 553 g/mol. The molecule has 3 atom stereocenters. The molecule has 1 aromatic heterocycles. The van der Waals surface area contributed by atoms with Crippen LogP contribution in [-0.4, -0.2) is 66.1 Å². The molecule has 6 rings (SSSR count). The molecule has 8 nitrogen and oxygen atoms in total. The molecule has 3 fully saturated rings. The van der Waals surface area contributed by atoms with Gasteiger partial charge in [-0.25, -0.2) is 4.98 Å². The maximum absolute atomic E-state index is 13.1. The lowest BCUT2D eigenvalue weighted by atomic mass is 9.96. The van der Waals surface area contributed by atoms with Gasteiger partial charge in [0.2, 0.25) is 0 Å². The second kappa shape index (κ2) is 11.9. The summed E-state index contributed by atoms with van der Waals surface area (Å²) in [5.41, 5.74) is 3.42. The van der Waals surface area contributed by atoms with Crippen LogP contribution in [0.15, 0.2) is 66.9 Å². The van der Waals surface area contributed by atoms with Crippen LogP contribution in [0.1, 0.15) is 63.9 Å². The zero-order chi connectivity index (χ0) is 28.3. The first kappa shape index (κ1) is 27.3. The zero-order valence-electron chi connectivity index (χ0n) is 23.9. The van der Waals surface area contributed by atoms with Crippen LogP contribution in [0.4, 0.5) is 5.82 Å². The van der Waals surface area contributed by atoms with Gasteiger partial charge in [-0.15, -0.1) is 0 Å². The Morgan fingerprint density at radius 3 is 2.37 bits per heavy atom. The largest absolute Gasteiger partial charge is 0.496 e. The highest BCUT2D eigenvalue weighted by atomic mass is 16.5. The Bertz CT molecular complexity index is 1370. The molecule has 8 heteroatoms. The molecule has 0 aliphatic carbocycles. The quantitative estimate of drug-likeness (QED) is 0.432. The molecule has 0 saturated carbocycles. The van der Waals surface area contributed by atoms with Gasteiger partial charge in [0, 0.05) is 61.1 Å². The third-order valence-electron chi connectivity index (χ3n) is 8.95. The van der Waals surface area contributed by atoms with E-state index >= 15 is 0 Å². The minimum atomic E-state index is -0.0622. The number of piperidine rings is 1.